The van der Waals surface area contributed by atoms with E-state index < -0.39 is 17.7 Å². The molecule has 4 nitrogen and oxygen atoms in total. The molecule has 1 aromatic heterocycles. The summed E-state index contributed by atoms with van der Waals surface area (Å²) < 4.78 is 47.5. The van der Waals surface area contributed by atoms with Crippen LogP contribution >= 0.6 is 0 Å². The zero-order valence-corrected chi connectivity index (χ0v) is 16.3. The Kier molecular flexibility index (Phi) is 5.42. The average Bonchev–Trinajstić information content (AvgIpc) is 3.15. The predicted octanol–water partition coefficient (Wildman–Crippen LogP) is 5.99. The monoisotopic (exact) mass is 425 g/mol. The van der Waals surface area contributed by atoms with Crippen LogP contribution in [0.25, 0.3) is 10.9 Å². The number of carboxylic acid groups (broad SMARTS) is 1. The Bertz CT molecular complexity index is 1230. The fraction of sp³-hybridized carbons (Fsp3) is 0.125. The van der Waals surface area contributed by atoms with Gasteiger partial charge in [-0.25, -0.2) is 4.79 Å². The maximum Gasteiger partial charge on any atom is 0.416 e. The molecule has 1 N–H and O–H groups in total. The third-order valence-electron chi connectivity index (χ3n) is 5.01. The molecule has 7 heteroatoms. The summed E-state index contributed by atoms with van der Waals surface area (Å²) in [5.41, 5.74) is 1.24. The summed E-state index contributed by atoms with van der Waals surface area (Å²) in [7, 11) is 0. The van der Waals surface area contributed by atoms with Crippen molar-refractivity contribution in [3.63, 3.8) is 0 Å². The van der Waals surface area contributed by atoms with Gasteiger partial charge < -0.3 is 14.4 Å². The van der Waals surface area contributed by atoms with Crippen LogP contribution < -0.4 is 4.74 Å². The molecule has 0 amide bonds. The number of rotatable bonds is 6. The van der Waals surface area contributed by atoms with Crippen LogP contribution in [0.4, 0.5) is 13.2 Å². The molecule has 4 rings (SSSR count). The summed E-state index contributed by atoms with van der Waals surface area (Å²) in [4.78, 5) is 11.5. The maximum absolute atomic E-state index is 13.3. The van der Waals surface area contributed by atoms with Crippen molar-refractivity contribution in [2.75, 3.05) is 0 Å². The molecule has 0 atom stereocenters. The lowest BCUT2D eigenvalue weighted by Gasteiger charge is -2.16. The summed E-state index contributed by atoms with van der Waals surface area (Å²) in [6, 6.07) is 19.2. The van der Waals surface area contributed by atoms with Crippen LogP contribution in [-0.2, 0) is 19.3 Å². The molecule has 4 aromatic rings. The zero-order valence-electron chi connectivity index (χ0n) is 16.3. The van der Waals surface area contributed by atoms with E-state index in [0.29, 0.717) is 22.2 Å². The highest BCUT2D eigenvalue weighted by Gasteiger charge is 2.31. The van der Waals surface area contributed by atoms with E-state index in [1.54, 1.807) is 29.0 Å². The van der Waals surface area contributed by atoms with Gasteiger partial charge in [0, 0.05) is 22.7 Å². The number of halogens is 3. The number of nitrogens with zero attached hydrogens (tertiary/aromatic N) is 1. The van der Waals surface area contributed by atoms with Gasteiger partial charge >= 0.3 is 12.1 Å². The molecule has 0 saturated heterocycles. The predicted molar refractivity (Wildman–Crippen MR) is 110 cm³/mol. The fourth-order valence-electron chi connectivity index (χ4n) is 3.49. The quantitative estimate of drug-likeness (QED) is 0.413. The van der Waals surface area contributed by atoms with Crippen LogP contribution in [0.2, 0.25) is 0 Å². The van der Waals surface area contributed by atoms with Gasteiger partial charge in [0.1, 0.15) is 12.4 Å². The van der Waals surface area contributed by atoms with E-state index in [1.807, 2.05) is 30.3 Å². The van der Waals surface area contributed by atoms with Gasteiger partial charge in [-0.1, -0.05) is 36.4 Å². The minimum Gasteiger partial charge on any atom is -0.489 e. The second kappa shape index (κ2) is 8.18. The lowest BCUT2D eigenvalue weighted by molar-refractivity contribution is -0.137. The normalized spacial score (nSPS) is 11.6. The maximum atomic E-state index is 13.3. The number of hydrogen-bond donors (Lipinski definition) is 1. The van der Waals surface area contributed by atoms with Crippen molar-refractivity contribution >= 4 is 16.9 Å². The van der Waals surface area contributed by atoms with Crippen molar-refractivity contribution in [1.29, 1.82) is 0 Å². The molecule has 0 bridgehead atoms. The van der Waals surface area contributed by atoms with Gasteiger partial charge in [0.15, 0.2) is 0 Å². The van der Waals surface area contributed by atoms with Gasteiger partial charge in [-0.05, 0) is 42.0 Å². The fourth-order valence-corrected chi connectivity index (χ4v) is 3.49. The first-order valence-corrected chi connectivity index (χ1v) is 9.51. The molecule has 0 radical (unpaired) electrons. The molecule has 3 aromatic carbocycles. The first-order valence-electron chi connectivity index (χ1n) is 9.51. The van der Waals surface area contributed by atoms with E-state index >= 15 is 0 Å². The van der Waals surface area contributed by atoms with Crippen LogP contribution in [0.15, 0.2) is 79.0 Å². The topological polar surface area (TPSA) is 51.5 Å². The minimum absolute atomic E-state index is 0.0978. The van der Waals surface area contributed by atoms with Crippen molar-refractivity contribution in [3.05, 3.63) is 101 Å². The molecule has 158 valence electrons. The Morgan fingerprint density at radius 1 is 0.968 bits per heavy atom. The Balaban J connectivity index is 1.71. The lowest BCUT2D eigenvalue weighted by Crippen LogP contribution is -2.09. The molecule has 0 saturated carbocycles. The van der Waals surface area contributed by atoms with E-state index in [4.69, 9.17) is 4.74 Å². The van der Waals surface area contributed by atoms with Crippen LogP contribution in [0.5, 0.6) is 5.75 Å². The summed E-state index contributed by atoms with van der Waals surface area (Å²) in [6.07, 6.45) is -2.82. The Morgan fingerprint density at radius 2 is 1.74 bits per heavy atom. The summed E-state index contributed by atoms with van der Waals surface area (Å²) in [5, 5.41) is 9.90. The molecule has 0 unspecified atom stereocenters. The van der Waals surface area contributed by atoms with Crippen molar-refractivity contribution in [3.8, 4) is 5.75 Å². The van der Waals surface area contributed by atoms with Crippen LogP contribution in [0.1, 0.15) is 27.0 Å². The van der Waals surface area contributed by atoms with Crippen molar-refractivity contribution in [2.45, 2.75) is 19.3 Å². The number of benzene rings is 3. The lowest BCUT2D eigenvalue weighted by atomic mass is 10.1. The number of aromatic carboxylic acids is 1. The standard InChI is InChI=1S/C24H18F3NO3/c25-24(26,27)18-9-10-22(31-15-16-5-2-1-3-6-16)17(13-18)14-28-12-11-19-20(23(29)30)7-4-8-21(19)28/h1-13H,14-15H2,(H,29,30). The van der Waals surface area contributed by atoms with Gasteiger partial charge in [0.2, 0.25) is 0 Å². The smallest absolute Gasteiger partial charge is 0.416 e. The van der Waals surface area contributed by atoms with E-state index in [2.05, 4.69) is 0 Å². The van der Waals surface area contributed by atoms with E-state index in [-0.39, 0.29) is 18.7 Å². The number of hydrogen-bond acceptors (Lipinski definition) is 2. The third-order valence-corrected chi connectivity index (χ3v) is 5.01. The molecule has 0 aliphatic heterocycles. The third kappa shape index (κ3) is 4.40. The van der Waals surface area contributed by atoms with Crippen molar-refractivity contribution in [2.24, 2.45) is 0 Å². The minimum atomic E-state index is -4.48. The van der Waals surface area contributed by atoms with E-state index in [0.717, 1.165) is 17.7 Å². The molecular weight excluding hydrogens is 407 g/mol. The highest BCUT2D eigenvalue weighted by Crippen LogP contribution is 2.34. The van der Waals surface area contributed by atoms with Gasteiger partial charge in [-0.15, -0.1) is 0 Å². The highest BCUT2D eigenvalue weighted by molar-refractivity contribution is 6.03. The SMILES string of the molecule is O=C(O)c1cccc2c1ccn2Cc1cc(C(F)(F)F)ccc1OCc1ccccc1. The largest absolute Gasteiger partial charge is 0.489 e. The van der Waals surface area contributed by atoms with Crippen LogP contribution in [-0.4, -0.2) is 15.6 Å². The second-order valence-corrected chi connectivity index (χ2v) is 7.08. The number of alkyl halides is 3. The Labute approximate surface area is 176 Å². The molecule has 0 spiro atoms. The highest BCUT2D eigenvalue weighted by atomic mass is 19.4. The molecule has 31 heavy (non-hydrogen) atoms. The number of carboxylic acids is 1. The van der Waals surface area contributed by atoms with E-state index in [9.17, 15) is 23.1 Å². The first-order chi connectivity index (χ1) is 14.8. The van der Waals surface area contributed by atoms with Crippen molar-refractivity contribution in [1.82, 2.24) is 4.57 Å². The number of aromatic nitrogens is 1. The van der Waals surface area contributed by atoms with Gasteiger partial charge in [0.05, 0.1) is 17.7 Å². The molecule has 0 aliphatic carbocycles. The molecular formula is C24H18F3NO3. The number of ether oxygens (including phenoxy) is 1. The Hall–Kier alpha value is -3.74. The second-order valence-electron chi connectivity index (χ2n) is 7.08. The summed E-state index contributed by atoms with van der Waals surface area (Å²) in [5.74, 6) is -0.720. The molecule has 1 heterocycles. The molecule has 0 fully saturated rings. The van der Waals surface area contributed by atoms with Crippen molar-refractivity contribution < 1.29 is 27.8 Å². The Morgan fingerprint density at radius 3 is 2.45 bits per heavy atom. The van der Waals surface area contributed by atoms with Gasteiger partial charge in [0.25, 0.3) is 0 Å². The number of carbonyl (C=O) groups is 1. The van der Waals surface area contributed by atoms with Crippen LogP contribution in [0, 0.1) is 0 Å². The van der Waals surface area contributed by atoms with Gasteiger partial charge in [-0.3, -0.25) is 0 Å². The van der Waals surface area contributed by atoms with Gasteiger partial charge in [-0.2, -0.15) is 13.2 Å². The summed E-state index contributed by atoms with van der Waals surface area (Å²) >= 11 is 0. The van der Waals surface area contributed by atoms with Crippen LogP contribution in [0.3, 0.4) is 0 Å². The first kappa shape index (κ1) is 20.5. The van der Waals surface area contributed by atoms with E-state index in [1.165, 1.54) is 12.1 Å². The number of fused-ring (bicyclic) bond motifs is 1. The zero-order chi connectivity index (χ0) is 22.0. The average molecular weight is 425 g/mol. The summed E-state index contributed by atoms with van der Waals surface area (Å²) in [6.45, 7) is 0.315. The molecule has 0 aliphatic rings.